The highest BCUT2D eigenvalue weighted by Gasteiger charge is 2.56. The van der Waals surface area contributed by atoms with Crippen molar-refractivity contribution in [1.82, 2.24) is 5.32 Å². The lowest BCUT2D eigenvalue weighted by Crippen LogP contribution is -2.60. The number of halogens is 1. The number of nitrogens with one attached hydrogen (secondary N) is 1. The van der Waals surface area contributed by atoms with Crippen LogP contribution in [0.4, 0.5) is 0 Å². The van der Waals surface area contributed by atoms with Gasteiger partial charge in [-0.1, -0.05) is 28.1 Å². The first-order valence-corrected chi connectivity index (χ1v) is 6.40. The zero-order valence-corrected chi connectivity index (χ0v) is 11.5. The fourth-order valence-electron chi connectivity index (χ4n) is 2.77. The number of carbonyl (C=O) groups is 1. The lowest BCUT2D eigenvalue weighted by atomic mass is 9.56. The third kappa shape index (κ3) is 2.11. The quantitative estimate of drug-likeness (QED) is 0.877. The zero-order chi connectivity index (χ0) is 12.7. The van der Waals surface area contributed by atoms with Crippen LogP contribution < -0.4 is 5.32 Å². The first kappa shape index (κ1) is 12.6. The Bertz CT molecular complexity index is 448. The fourth-order valence-corrected chi connectivity index (χ4v) is 3.17. The first-order chi connectivity index (χ1) is 7.89. The van der Waals surface area contributed by atoms with Crippen molar-refractivity contribution in [2.75, 3.05) is 7.05 Å². The van der Waals surface area contributed by atoms with Crippen LogP contribution in [0.5, 0.6) is 0 Å². The van der Waals surface area contributed by atoms with Crippen LogP contribution in [-0.2, 0) is 10.2 Å². The maximum atomic E-state index is 12.1. The summed E-state index contributed by atoms with van der Waals surface area (Å²) in [5.74, 6) is -0.0258. The molecule has 0 aromatic heterocycles. The normalized spacial score (nSPS) is 31.8. The van der Waals surface area contributed by atoms with Crippen LogP contribution in [0, 0.1) is 0 Å². The Kier molecular flexibility index (Phi) is 3.04. The molecule has 1 aliphatic rings. The van der Waals surface area contributed by atoms with Crippen LogP contribution in [0.15, 0.2) is 28.7 Å². The summed E-state index contributed by atoms with van der Waals surface area (Å²) >= 11 is 3.41. The van der Waals surface area contributed by atoms with Gasteiger partial charge in [0.25, 0.3) is 0 Å². The number of benzene rings is 1. The Hall–Kier alpha value is -0.870. The van der Waals surface area contributed by atoms with Gasteiger partial charge in [0, 0.05) is 11.5 Å². The molecule has 3 nitrogen and oxygen atoms in total. The largest absolute Gasteiger partial charge is 0.390 e. The van der Waals surface area contributed by atoms with Crippen LogP contribution in [-0.4, -0.2) is 23.7 Å². The lowest BCUT2D eigenvalue weighted by Gasteiger charge is -2.50. The van der Waals surface area contributed by atoms with Crippen molar-refractivity contribution in [3.63, 3.8) is 0 Å². The van der Waals surface area contributed by atoms with Crippen LogP contribution in [0.25, 0.3) is 0 Å². The average molecular weight is 298 g/mol. The Morgan fingerprint density at radius 1 is 1.47 bits per heavy atom. The van der Waals surface area contributed by atoms with Gasteiger partial charge in [0.15, 0.2) is 0 Å². The van der Waals surface area contributed by atoms with Crippen molar-refractivity contribution in [3.8, 4) is 0 Å². The van der Waals surface area contributed by atoms with Crippen LogP contribution in [0.1, 0.15) is 25.3 Å². The Morgan fingerprint density at radius 3 is 2.59 bits per heavy atom. The number of likely N-dealkylation sites (N-methyl/N-ethyl adjacent to an activating group) is 1. The molecule has 1 aromatic rings. The highest BCUT2D eigenvalue weighted by atomic mass is 79.9. The predicted octanol–water partition coefficient (Wildman–Crippen LogP) is 1.98. The van der Waals surface area contributed by atoms with Crippen molar-refractivity contribution in [3.05, 3.63) is 34.3 Å². The summed E-state index contributed by atoms with van der Waals surface area (Å²) in [7, 11) is 1.63. The molecule has 4 heteroatoms. The molecule has 0 bridgehead atoms. The third-order valence-corrected chi connectivity index (χ3v) is 3.90. The van der Waals surface area contributed by atoms with E-state index in [0.717, 1.165) is 10.0 Å². The summed E-state index contributed by atoms with van der Waals surface area (Å²) in [6, 6.07) is 7.73. The van der Waals surface area contributed by atoms with E-state index < -0.39 is 11.0 Å². The second-order valence-corrected chi connectivity index (χ2v) is 5.94. The lowest BCUT2D eigenvalue weighted by molar-refractivity contribution is -0.144. The molecule has 1 amide bonds. The zero-order valence-electron chi connectivity index (χ0n) is 9.96. The van der Waals surface area contributed by atoms with E-state index in [1.54, 1.807) is 14.0 Å². The van der Waals surface area contributed by atoms with E-state index in [2.05, 4.69) is 21.2 Å². The Morgan fingerprint density at radius 2 is 2.12 bits per heavy atom. The van der Waals surface area contributed by atoms with Gasteiger partial charge in [-0.15, -0.1) is 0 Å². The topological polar surface area (TPSA) is 49.3 Å². The molecule has 0 unspecified atom stereocenters. The molecule has 0 spiro atoms. The first-order valence-electron chi connectivity index (χ1n) is 5.60. The number of rotatable bonds is 2. The highest BCUT2D eigenvalue weighted by Crippen LogP contribution is 2.50. The van der Waals surface area contributed by atoms with E-state index in [1.165, 1.54) is 0 Å². The van der Waals surface area contributed by atoms with Crippen molar-refractivity contribution in [1.29, 1.82) is 0 Å². The van der Waals surface area contributed by atoms with E-state index in [0.29, 0.717) is 12.8 Å². The molecular weight excluding hydrogens is 282 g/mol. The van der Waals surface area contributed by atoms with E-state index in [4.69, 9.17) is 0 Å². The minimum atomic E-state index is -0.741. The minimum Gasteiger partial charge on any atom is -0.390 e. The van der Waals surface area contributed by atoms with Gasteiger partial charge < -0.3 is 10.4 Å². The monoisotopic (exact) mass is 297 g/mol. The molecular formula is C13H16BrNO2. The molecule has 0 saturated heterocycles. The van der Waals surface area contributed by atoms with Gasteiger partial charge in [-0.25, -0.2) is 0 Å². The highest BCUT2D eigenvalue weighted by molar-refractivity contribution is 9.10. The number of amides is 1. The molecule has 17 heavy (non-hydrogen) atoms. The molecule has 0 aliphatic heterocycles. The summed E-state index contributed by atoms with van der Waals surface area (Å²) in [5.41, 5.74) is -0.366. The van der Waals surface area contributed by atoms with Crippen LogP contribution in [0.3, 0.4) is 0 Å². The van der Waals surface area contributed by atoms with Gasteiger partial charge in [0.2, 0.25) is 5.91 Å². The molecule has 1 aliphatic carbocycles. The SMILES string of the molecule is CNC(=O)[C@]1(c2cccc(Br)c2)C[C@@](C)(O)C1. The second-order valence-electron chi connectivity index (χ2n) is 5.02. The summed E-state index contributed by atoms with van der Waals surface area (Å²) in [6.45, 7) is 1.77. The fraction of sp³-hybridized carbons (Fsp3) is 0.462. The third-order valence-electron chi connectivity index (χ3n) is 3.40. The van der Waals surface area contributed by atoms with Gasteiger partial charge in [-0.2, -0.15) is 0 Å². The number of hydrogen-bond acceptors (Lipinski definition) is 2. The number of carbonyl (C=O) groups excluding carboxylic acids is 1. The van der Waals surface area contributed by atoms with Crippen molar-refractivity contribution >= 4 is 21.8 Å². The van der Waals surface area contributed by atoms with E-state index in [9.17, 15) is 9.90 Å². The van der Waals surface area contributed by atoms with Crippen molar-refractivity contribution < 1.29 is 9.90 Å². The van der Waals surface area contributed by atoms with E-state index >= 15 is 0 Å². The van der Waals surface area contributed by atoms with Gasteiger partial charge in [-0.3, -0.25) is 4.79 Å². The summed E-state index contributed by atoms with van der Waals surface area (Å²) in [4.78, 5) is 12.1. The van der Waals surface area contributed by atoms with Gasteiger partial charge in [0.05, 0.1) is 11.0 Å². The maximum Gasteiger partial charge on any atom is 0.230 e. The summed E-state index contributed by atoms with van der Waals surface area (Å²) in [5, 5.41) is 12.6. The summed E-state index contributed by atoms with van der Waals surface area (Å²) < 4.78 is 0.949. The second kappa shape index (κ2) is 4.10. The molecule has 0 atom stereocenters. The van der Waals surface area contributed by atoms with E-state index in [1.807, 2.05) is 24.3 Å². The average Bonchev–Trinajstić information content (AvgIpc) is 2.24. The van der Waals surface area contributed by atoms with Crippen LogP contribution in [0.2, 0.25) is 0 Å². The molecule has 0 radical (unpaired) electrons. The molecule has 0 heterocycles. The number of aliphatic hydroxyl groups is 1. The molecule has 92 valence electrons. The molecule has 1 aromatic carbocycles. The van der Waals surface area contributed by atoms with Gasteiger partial charge in [-0.05, 0) is 37.5 Å². The predicted molar refractivity (Wildman–Crippen MR) is 69.7 cm³/mol. The van der Waals surface area contributed by atoms with E-state index in [-0.39, 0.29) is 5.91 Å². The molecule has 1 saturated carbocycles. The molecule has 1 fully saturated rings. The van der Waals surface area contributed by atoms with Gasteiger partial charge >= 0.3 is 0 Å². The van der Waals surface area contributed by atoms with Gasteiger partial charge in [0.1, 0.15) is 0 Å². The maximum absolute atomic E-state index is 12.1. The van der Waals surface area contributed by atoms with Crippen molar-refractivity contribution in [2.45, 2.75) is 30.8 Å². The Balaban J connectivity index is 2.40. The van der Waals surface area contributed by atoms with Crippen molar-refractivity contribution in [2.24, 2.45) is 0 Å². The Labute approximate surface area is 109 Å². The van der Waals surface area contributed by atoms with Crippen LogP contribution >= 0.6 is 15.9 Å². The summed E-state index contributed by atoms with van der Waals surface area (Å²) in [6.07, 6.45) is 0.937. The molecule has 2 rings (SSSR count). The number of hydrogen-bond donors (Lipinski definition) is 2. The minimum absolute atomic E-state index is 0.0258. The standard InChI is InChI=1S/C13H16BrNO2/c1-12(17)7-13(8-12,11(16)15-2)9-4-3-5-10(14)6-9/h3-6,17H,7-8H2,1-2H3,(H,15,16)/t12-,13-. The molecule has 2 N–H and O–H groups in total. The smallest absolute Gasteiger partial charge is 0.230 e.